The van der Waals surface area contributed by atoms with Crippen molar-refractivity contribution < 1.29 is 19.1 Å². The Hall–Kier alpha value is -4.30. The molecule has 1 aliphatic rings. The molecule has 0 aliphatic carbocycles. The minimum Gasteiger partial charge on any atom is -0.493 e. The van der Waals surface area contributed by atoms with Gasteiger partial charge in [-0.15, -0.1) is 0 Å². The normalized spacial score (nSPS) is 13.6. The van der Waals surface area contributed by atoms with Crippen molar-refractivity contribution in [3.8, 4) is 11.5 Å². The molecule has 0 spiro atoms. The topological polar surface area (TPSA) is 83.1 Å². The fraction of sp³-hybridized carbons (Fsp3) is 0.267. The molecule has 4 rings (SSSR count). The van der Waals surface area contributed by atoms with Crippen molar-refractivity contribution in [2.24, 2.45) is 0 Å². The molecule has 3 aromatic rings. The Morgan fingerprint density at radius 2 is 1.58 bits per heavy atom. The standard InChI is InChI=1S/C30H34N4O4/c1-20(35)34(17-9-16-33(2)3)23-14-12-22(13-15-23)31-29(21-10-7-6-8-11-21)28-24-18-26(37-4)27(38-5)19-25(24)32-30(28)36/h6-8,10-15,18-19,31H,9,16-17H2,1-5H3,(H,32,36)/b29-28+. The molecule has 0 radical (unpaired) electrons. The number of anilines is 3. The van der Waals surface area contributed by atoms with E-state index in [0.717, 1.165) is 35.5 Å². The van der Waals surface area contributed by atoms with E-state index in [-0.39, 0.29) is 11.8 Å². The molecule has 0 saturated carbocycles. The van der Waals surface area contributed by atoms with E-state index in [2.05, 4.69) is 15.5 Å². The monoisotopic (exact) mass is 514 g/mol. The average Bonchev–Trinajstić information content (AvgIpc) is 3.23. The highest BCUT2D eigenvalue weighted by atomic mass is 16.5. The van der Waals surface area contributed by atoms with E-state index in [1.807, 2.05) is 74.8 Å². The van der Waals surface area contributed by atoms with Gasteiger partial charge in [0.25, 0.3) is 5.91 Å². The number of hydrogen-bond donors (Lipinski definition) is 2. The van der Waals surface area contributed by atoms with Gasteiger partial charge in [-0.3, -0.25) is 9.59 Å². The van der Waals surface area contributed by atoms with Crippen molar-refractivity contribution in [2.45, 2.75) is 13.3 Å². The van der Waals surface area contributed by atoms with Gasteiger partial charge in [-0.2, -0.15) is 0 Å². The average molecular weight is 515 g/mol. The van der Waals surface area contributed by atoms with Gasteiger partial charge in [0.2, 0.25) is 5.91 Å². The molecule has 2 amide bonds. The molecule has 0 fully saturated rings. The lowest BCUT2D eigenvalue weighted by atomic mass is 9.99. The zero-order chi connectivity index (χ0) is 27.2. The highest BCUT2D eigenvalue weighted by Gasteiger charge is 2.30. The van der Waals surface area contributed by atoms with Crippen molar-refractivity contribution in [1.29, 1.82) is 0 Å². The third-order valence-electron chi connectivity index (χ3n) is 6.40. The second-order valence-corrected chi connectivity index (χ2v) is 9.32. The van der Waals surface area contributed by atoms with Crippen LogP contribution in [0.5, 0.6) is 11.5 Å². The molecule has 0 saturated heterocycles. The Morgan fingerprint density at radius 1 is 0.921 bits per heavy atom. The predicted molar refractivity (Wildman–Crippen MR) is 153 cm³/mol. The van der Waals surface area contributed by atoms with Gasteiger partial charge in [-0.05, 0) is 63.0 Å². The maximum atomic E-state index is 13.3. The first kappa shape index (κ1) is 26.8. The van der Waals surface area contributed by atoms with Crippen molar-refractivity contribution in [2.75, 3.05) is 56.9 Å². The number of carbonyl (C=O) groups excluding carboxylic acids is 2. The van der Waals surface area contributed by atoms with Crippen LogP contribution < -0.4 is 25.0 Å². The summed E-state index contributed by atoms with van der Waals surface area (Å²) < 4.78 is 10.9. The van der Waals surface area contributed by atoms with E-state index >= 15 is 0 Å². The Labute approximate surface area is 223 Å². The van der Waals surface area contributed by atoms with Crippen molar-refractivity contribution >= 4 is 40.1 Å². The number of rotatable bonds is 10. The Bertz CT molecular complexity index is 1330. The number of fused-ring (bicyclic) bond motifs is 1. The van der Waals surface area contributed by atoms with Crippen molar-refractivity contribution in [1.82, 2.24) is 4.90 Å². The van der Waals surface area contributed by atoms with Gasteiger partial charge in [-0.1, -0.05) is 30.3 Å². The molecular weight excluding hydrogens is 480 g/mol. The number of ether oxygens (including phenoxy) is 2. The molecule has 0 aromatic heterocycles. The van der Waals surface area contributed by atoms with E-state index < -0.39 is 0 Å². The molecule has 3 aromatic carbocycles. The summed E-state index contributed by atoms with van der Waals surface area (Å²) in [4.78, 5) is 29.5. The molecule has 1 aliphatic heterocycles. The van der Waals surface area contributed by atoms with Crippen molar-refractivity contribution in [3.63, 3.8) is 0 Å². The van der Waals surface area contributed by atoms with E-state index in [9.17, 15) is 9.59 Å². The summed E-state index contributed by atoms with van der Waals surface area (Å²) in [6.07, 6.45) is 0.875. The number of nitrogens with zero attached hydrogens (tertiary/aromatic N) is 2. The molecule has 8 heteroatoms. The first-order valence-corrected chi connectivity index (χ1v) is 12.5. The molecular formula is C30H34N4O4. The van der Waals surface area contributed by atoms with Gasteiger partial charge in [0.15, 0.2) is 11.5 Å². The third-order valence-corrected chi connectivity index (χ3v) is 6.40. The quantitative estimate of drug-likeness (QED) is 0.373. The maximum absolute atomic E-state index is 13.3. The van der Waals surface area contributed by atoms with Crippen LogP contribution in [0.4, 0.5) is 17.1 Å². The molecule has 2 N–H and O–H groups in total. The number of hydrogen-bond acceptors (Lipinski definition) is 6. The van der Waals surface area contributed by atoms with Crippen LogP contribution in [0.1, 0.15) is 24.5 Å². The van der Waals surface area contributed by atoms with Gasteiger partial charge >= 0.3 is 0 Å². The summed E-state index contributed by atoms with van der Waals surface area (Å²) in [6, 6.07) is 21.0. The van der Waals surface area contributed by atoms with Gasteiger partial charge in [0.05, 0.1) is 31.2 Å². The van der Waals surface area contributed by atoms with Crippen LogP contribution in [0.2, 0.25) is 0 Å². The highest BCUT2D eigenvalue weighted by molar-refractivity contribution is 6.37. The van der Waals surface area contributed by atoms with E-state index in [4.69, 9.17) is 9.47 Å². The molecule has 198 valence electrons. The smallest absolute Gasteiger partial charge is 0.258 e. The first-order chi connectivity index (χ1) is 18.3. The van der Waals surface area contributed by atoms with Gasteiger partial charge in [0.1, 0.15) is 0 Å². The second kappa shape index (κ2) is 11.8. The third kappa shape index (κ3) is 5.81. The van der Waals surface area contributed by atoms with Crippen LogP contribution in [-0.4, -0.2) is 58.1 Å². The number of nitrogens with one attached hydrogen (secondary N) is 2. The summed E-state index contributed by atoms with van der Waals surface area (Å²) in [5, 5.41) is 6.42. The number of benzene rings is 3. The second-order valence-electron chi connectivity index (χ2n) is 9.32. The Kier molecular flexibility index (Phi) is 8.33. The SMILES string of the molecule is COc1cc2c(cc1OC)/C(=C(\Nc1ccc(N(CCCN(C)C)C(C)=O)cc1)c1ccccc1)C(=O)N2. The number of amides is 2. The van der Waals surface area contributed by atoms with E-state index in [0.29, 0.717) is 35.0 Å². The summed E-state index contributed by atoms with van der Waals surface area (Å²) in [6.45, 7) is 3.12. The van der Waals surface area contributed by atoms with Crippen LogP contribution >= 0.6 is 0 Å². The van der Waals surface area contributed by atoms with Crippen LogP contribution in [0.25, 0.3) is 11.3 Å². The lowest BCUT2D eigenvalue weighted by molar-refractivity contribution is -0.116. The van der Waals surface area contributed by atoms with Crippen LogP contribution in [0.15, 0.2) is 66.7 Å². The fourth-order valence-electron chi connectivity index (χ4n) is 4.51. The Morgan fingerprint density at radius 3 is 2.18 bits per heavy atom. The number of methoxy groups -OCH3 is 2. The van der Waals surface area contributed by atoms with Crippen LogP contribution in [-0.2, 0) is 9.59 Å². The molecule has 38 heavy (non-hydrogen) atoms. The molecule has 8 nitrogen and oxygen atoms in total. The Balaban J connectivity index is 1.71. The van der Waals surface area contributed by atoms with Gasteiger partial charge < -0.3 is 29.9 Å². The molecule has 0 bridgehead atoms. The predicted octanol–water partition coefficient (Wildman–Crippen LogP) is 4.94. The maximum Gasteiger partial charge on any atom is 0.258 e. The molecule has 0 atom stereocenters. The number of carbonyl (C=O) groups is 2. The van der Waals surface area contributed by atoms with Gasteiger partial charge in [0, 0.05) is 36.5 Å². The van der Waals surface area contributed by atoms with E-state index in [1.165, 1.54) is 0 Å². The van der Waals surface area contributed by atoms with Crippen molar-refractivity contribution in [3.05, 3.63) is 77.9 Å². The van der Waals surface area contributed by atoms with Crippen LogP contribution in [0, 0.1) is 0 Å². The summed E-state index contributed by atoms with van der Waals surface area (Å²) in [5.74, 6) is 0.857. The molecule has 1 heterocycles. The molecule has 0 unspecified atom stereocenters. The summed E-state index contributed by atoms with van der Waals surface area (Å²) >= 11 is 0. The zero-order valence-electron chi connectivity index (χ0n) is 22.5. The largest absolute Gasteiger partial charge is 0.493 e. The van der Waals surface area contributed by atoms with Gasteiger partial charge in [-0.25, -0.2) is 0 Å². The van der Waals surface area contributed by atoms with E-state index in [1.54, 1.807) is 32.1 Å². The lowest BCUT2D eigenvalue weighted by Crippen LogP contribution is -2.31. The summed E-state index contributed by atoms with van der Waals surface area (Å²) in [5.41, 5.74) is 5.03. The zero-order valence-corrected chi connectivity index (χ0v) is 22.5. The first-order valence-electron chi connectivity index (χ1n) is 12.5. The summed E-state index contributed by atoms with van der Waals surface area (Å²) in [7, 11) is 7.18. The highest BCUT2D eigenvalue weighted by Crippen LogP contribution is 2.43. The van der Waals surface area contributed by atoms with Crippen LogP contribution in [0.3, 0.4) is 0 Å². The fourth-order valence-corrected chi connectivity index (χ4v) is 4.51. The minimum atomic E-state index is -0.220. The minimum absolute atomic E-state index is 0.000155. The lowest BCUT2D eigenvalue weighted by Gasteiger charge is -2.23.